The molecule has 7 heteroatoms. The van der Waals surface area contributed by atoms with Gasteiger partial charge in [-0.1, -0.05) is 37.6 Å². The summed E-state index contributed by atoms with van der Waals surface area (Å²) < 4.78 is 8.54. The molecular weight excluding hydrogens is 380 g/mol. The van der Waals surface area contributed by atoms with Crippen molar-refractivity contribution >= 4 is 38.6 Å². The number of pyridine rings is 1. The zero-order valence-corrected chi connectivity index (χ0v) is 15.4. The third kappa shape index (κ3) is 3.64. The summed E-state index contributed by atoms with van der Waals surface area (Å²) in [5, 5.41) is 8.91. The molecule has 0 unspecified atom stereocenters. The van der Waals surface area contributed by atoms with Gasteiger partial charge in [0, 0.05) is 18.8 Å². The Labute approximate surface area is 147 Å². The molecular formula is C16H16BrClN4O. The number of halogens is 2. The number of nitrogens with zero attached hydrogens (tertiary/aromatic N) is 4. The van der Waals surface area contributed by atoms with Gasteiger partial charge in [-0.2, -0.15) is 0 Å². The van der Waals surface area contributed by atoms with E-state index in [0.29, 0.717) is 16.7 Å². The Bertz CT molecular complexity index is 857. The van der Waals surface area contributed by atoms with Crippen molar-refractivity contribution in [2.45, 2.75) is 27.3 Å². The van der Waals surface area contributed by atoms with Gasteiger partial charge in [-0.15, -0.1) is 5.10 Å². The summed E-state index contributed by atoms with van der Waals surface area (Å²) in [4.78, 5) is 3.94. The van der Waals surface area contributed by atoms with Crippen molar-refractivity contribution in [1.29, 1.82) is 0 Å². The maximum Gasteiger partial charge on any atom is 0.144 e. The molecule has 0 aliphatic rings. The second-order valence-corrected chi connectivity index (χ2v) is 7.65. The van der Waals surface area contributed by atoms with Crippen molar-refractivity contribution in [3.63, 3.8) is 0 Å². The van der Waals surface area contributed by atoms with Gasteiger partial charge in [0.05, 0.1) is 9.99 Å². The van der Waals surface area contributed by atoms with E-state index in [4.69, 9.17) is 16.3 Å². The molecule has 0 fully saturated rings. The van der Waals surface area contributed by atoms with Crippen LogP contribution in [0, 0.1) is 5.41 Å². The number of aromatic nitrogens is 4. The lowest BCUT2D eigenvalue weighted by Gasteiger charge is -2.18. The maximum absolute atomic E-state index is 5.88. The van der Waals surface area contributed by atoms with Crippen molar-refractivity contribution in [3.05, 3.63) is 40.1 Å². The largest absolute Gasteiger partial charge is 0.456 e. The lowest BCUT2D eigenvalue weighted by molar-refractivity contribution is 0.327. The summed E-state index contributed by atoms with van der Waals surface area (Å²) in [6, 6.07) is 7.26. The third-order valence-corrected chi connectivity index (χ3v) is 4.11. The fraction of sp³-hybridized carbons (Fsp3) is 0.312. The van der Waals surface area contributed by atoms with Crippen LogP contribution in [0.25, 0.3) is 11.0 Å². The van der Waals surface area contributed by atoms with Gasteiger partial charge < -0.3 is 4.74 Å². The van der Waals surface area contributed by atoms with Crippen LogP contribution in [0.15, 0.2) is 34.9 Å². The standard InChI is InChI=1S/C16H16BrClN4O/c1-16(2,3)9-22-11-4-5-12(14(17)15(11)20-21-22)23-10-6-7-19-13(18)8-10/h4-8H,9H2,1-3H3. The van der Waals surface area contributed by atoms with Crippen LogP contribution in [0.4, 0.5) is 0 Å². The average molecular weight is 396 g/mol. The van der Waals surface area contributed by atoms with E-state index >= 15 is 0 Å². The smallest absolute Gasteiger partial charge is 0.144 e. The van der Waals surface area contributed by atoms with E-state index in [-0.39, 0.29) is 5.41 Å². The van der Waals surface area contributed by atoms with Crippen LogP contribution in [-0.4, -0.2) is 20.0 Å². The fourth-order valence-electron chi connectivity index (χ4n) is 2.21. The number of benzene rings is 1. The number of fused-ring (bicyclic) bond motifs is 1. The number of rotatable bonds is 3. The fourth-order valence-corrected chi connectivity index (χ4v) is 2.87. The molecule has 0 saturated carbocycles. The zero-order chi connectivity index (χ0) is 16.6. The summed E-state index contributed by atoms with van der Waals surface area (Å²) in [6.45, 7) is 7.29. The SMILES string of the molecule is CC(C)(C)Cn1nnc2c(Br)c(Oc3ccnc(Cl)c3)ccc21. The third-order valence-electron chi connectivity index (χ3n) is 3.14. The van der Waals surface area contributed by atoms with Crippen molar-refractivity contribution in [3.8, 4) is 11.5 Å². The minimum absolute atomic E-state index is 0.121. The zero-order valence-electron chi connectivity index (χ0n) is 13.0. The second kappa shape index (κ2) is 6.09. The molecule has 3 aromatic rings. The molecule has 1 aromatic carbocycles. The van der Waals surface area contributed by atoms with Crippen molar-refractivity contribution in [1.82, 2.24) is 20.0 Å². The molecule has 3 rings (SSSR count). The van der Waals surface area contributed by atoms with Gasteiger partial charge in [-0.3, -0.25) is 0 Å². The van der Waals surface area contributed by atoms with E-state index in [1.807, 2.05) is 16.8 Å². The first-order valence-electron chi connectivity index (χ1n) is 7.15. The minimum atomic E-state index is 0.121. The van der Waals surface area contributed by atoms with E-state index in [0.717, 1.165) is 22.1 Å². The van der Waals surface area contributed by atoms with Crippen LogP contribution >= 0.6 is 27.5 Å². The first-order valence-corrected chi connectivity index (χ1v) is 8.32. The molecule has 2 heterocycles. The van der Waals surface area contributed by atoms with Gasteiger partial charge in [-0.05, 0) is 39.5 Å². The molecule has 0 aliphatic heterocycles. The quantitative estimate of drug-likeness (QED) is 0.580. The van der Waals surface area contributed by atoms with E-state index in [9.17, 15) is 0 Å². The highest BCUT2D eigenvalue weighted by atomic mass is 79.9. The van der Waals surface area contributed by atoms with Crippen LogP contribution < -0.4 is 4.74 Å². The van der Waals surface area contributed by atoms with Crippen LogP contribution in [0.3, 0.4) is 0 Å². The number of ether oxygens (including phenoxy) is 1. The molecule has 0 N–H and O–H groups in total. The normalized spacial score (nSPS) is 11.9. The molecule has 120 valence electrons. The molecule has 0 amide bonds. The Balaban J connectivity index is 1.96. The summed E-state index contributed by atoms with van der Waals surface area (Å²) >= 11 is 9.44. The van der Waals surface area contributed by atoms with Gasteiger partial charge in [0.1, 0.15) is 22.2 Å². The topological polar surface area (TPSA) is 52.8 Å². The second-order valence-electron chi connectivity index (χ2n) is 6.47. The highest BCUT2D eigenvalue weighted by molar-refractivity contribution is 9.10. The first kappa shape index (κ1) is 16.2. The summed E-state index contributed by atoms with van der Waals surface area (Å²) in [5.41, 5.74) is 1.86. The first-order chi connectivity index (χ1) is 10.8. The molecule has 0 atom stereocenters. The van der Waals surface area contributed by atoms with Crippen molar-refractivity contribution in [2.24, 2.45) is 5.41 Å². The summed E-state index contributed by atoms with van der Waals surface area (Å²) in [7, 11) is 0. The predicted octanol–water partition coefficient (Wildman–Crippen LogP) is 5.08. The average Bonchev–Trinajstić information content (AvgIpc) is 2.84. The highest BCUT2D eigenvalue weighted by Gasteiger charge is 2.17. The van der Waals surface area contributed by atoms with E-state index in [1.165, 1.54) is 0 Å². The van der Waals surface area contributed by atoms with Crippen LogP contribution in [0.2, 0.25) is 5.15 Å². The number of hydrogen-bond acceptors (Lipinski definition) is 4. The van der Waals surface area contributed by atoms with Gasteiger partial charge in [-0.25, -0.2) is 9.67 Å². The van der Waals surface area contributed by atoms with Crippen LogP contribution in [0.5, 0.6) is 11.5 Å². The molecule has 0 radical (unpaired) electrons. The van der Waals surface area contributed by atoms with Gasteiger partial charge in [0.25, 0.3) is 0 Å². The molecule has 5 nitrogen and oxygen atoms in total. The Kier molecular flexibility index (Phi) is 4.29. The lowest BCUT2D eigenvalue weighted by atomic mass is 9.97. The Hall–Kier alpha value is -1.66. The van der Waals surface area contributed by atoms with Crippen LogP contribution in [-0.2, 0) is 6.54 Å². The van der Waals surface area contributed by atoms with E-state index in [2.05, 4.69) is 52.0 Å². The monoisotopic (exact) mass is 394 g/mol. The molecule has 0 saturated heterocycles. The van der Waals surface area contributed by atoms with E-state index in [1.54, 1.807) is 18.3 Å². The van der Waals surface area contributed by atoms with Crippen LogP contribution in [0.1, 0.15) is 20.8 Å². The molecule has 2 aromatic heterocycles. The highest BCUT2D eigenvalue weighted by Crippen LogP contribution is 2.35. The molecule has 0 spiro atoms. The van der Waals surface area contributed by atoms with Crippen molar-refractivity contribution < 1.29 is 4.74 Å². The Morgan fingerprint density at radius 1 is 1.26 bits per heavy atom. The molecule has 23 heavy (non-hydrogen) atoms. The predicted molar refractivity (Wildman–Crippen MR) is 94.0 cm³/mol. The Morgan fingerprint density at radius 2 is 2.04 bits per heavy atom. The van der Waals surface area contributed by atoms with E-state index < -0.39 is 0 Å². The van der Waals surface area contributed by atoms with Gasteiger partial charge in [0.15, 0.2) is 0 Å². The lowest BCUT2D eigenvalue weighted by Crippen LogP contribution is -2.16. The van der Waals surface area contributed by atoms with Gasteiger partial charge in [0.2, 0.25) is 0 Å². The summed E-state index contributed by atoms with van der Waals surface area (Å²) in [6.07, 6.45) is 1.60. The summed E-state index contributed by atoms with van der Waals surface area (Å²) in [5.74, 6) is 1.27. The maximum atomic E-state index is 5.88. The Morgan fingerprint density at radius 3 is 2.74 bits per heavy atom. The molecule has 0 aliphatic carbocycles. The molecule has 0 bridgehead atoms. The van der Waals surface area contributed by atoms with Gasteiger partial charge >= 0.3 is 0 Å². The number of hydrogen-bond donors (Lipinski definition) is 0. The minimum Gasteiger partial charge on any atom is -0.456 e. The van der Waals surface area contributed by atoms with Crippen molar-refractivity contribution in [2.75, 3.05) is 0 Å².